The lowest BCUT2D eigenvalue weighted by atomic mass is 10.1. The topological polar surface area (TPSA) is 96.7 Å². The summed E-state index contributed by atoms with van der Waals surface area (Å²) in [5.74, 6) is -0.791. The highest BCUT2D eigenvalue weighted by Crippen LogP contribution is 2.21. The lowest BCUT2D eigenvalue weighted by Crippen LogP contribution is -2.40. The summed E-state index contributed by atoms with van der Waals surface area (Å²) in [5, 5.41) is 10.7. The Labute approximate surface area is 142 Å². The van der Waals surface area contributed by atoms with Crippen molar-refractivity contribution in [1.82, 2.24) is 24.8 Å². The van der Waals surface area contributed by atoms with Gasteiger partial charge < -0.3 is 5.32 Å². The number of hydrogen-bond donors (Lipinski definition) is 1. The molecule has 0 saturated heterocycles. The lowest BCUT2D eigenvalue weighted by molar-refractivity contribution is -0.121. The number of benzene rings is 1. The fourth-order valence-electron chi connectivity index (χ4n) is 2.77. The molecule has 0 fully saturated rings. The molecule has 8 nitrogen and oxygen atoms in total. The first-order chi connectivity index (χ1) is 12.1. The van der Waals surface area contributed by atoms with E-state index < -0.39 is 17.7 Å². The molecule has 0 atom stereocenters. The molecule has 0 unspecified atom stereocenters. The Kier molecular flexibility index (Phi) is 3.50. The summed E-state index contributed by atoms with van der Waals surface area (Å²) in [6.07, 6.45) is 1.79. The minimum absolute atomic E-state index is 0.146. The van der Waals surface area contributed by atoms with E-state index in [4.69, 9.17) is 0 Å². The summed E-state index contributed by atoms with van der Waals surface area (Å²) in [5.41, 5.74) is 1.32. The highest BCUT2D eigenvalue weighted by Gasteiger charge is 2.36. The van der Waals surface area contributed by atoms with Crippen LogP contribution in [0.2, 0.25) is 0 Å². The molecule has 0 spiro atoms. The van der Waals surface area contributed by atoms with Gasteiger partial charge in [0.15, 0.2) is 11.5 Å². The number of fused-ring (bicyclic) bond motifs is 2. The van der Waals surface area contributed by atoms with Gasteiger partial charge in [0.2, 0.25) is 5.91 Å². The van der Waals surface area contributed by atoms with Crippen LogP contribution in [-0.2, 0) is 11.3 Å². The number of hydrogen-bond acceptors (Lipinski definition) is 5. The number of nitrogens with one attached hydrogen (secondary N) is 1. The van der Waals surface area contributed by atoms with Gasteiger partial charge in [0.25, 0.3) is 11.8 Å². The zero-order valence-electron chi connectivity index (χ0n) is 13.0. The number of pyridine rings is 1. The molecule has 25 heavy (non-hydrogen) atoms. The Morgan fingerprint density at radius 1 is 0.960 bits per heavy atom. The molecule has 0 bridgehead atoms. The molecule has 3 amide bonds. The largest absolute Gasteiger partial charge is 0.347 e. The summed E-state index contributed by atoms with van der Waals surface area (Å²) in [6.45, 7) is -0.184. The fraction of sp³-hybridized carbons (Fsp3) is 0.118. The Balaban J connectivity index is 1.43. The molecular formula is C17H13N5O3. The molecule has 1 aromatic carbocycles. The van der Waals surface area contributed by atoms with Crippen LogP contribution in [0.5, 0.6) is 0 Å². The van der Waals surface area contributed by atoms with Gasteiger partial charge in [-0.25, -0.2) is 0 Å². The Bertz CT molecular complexity index is 975. The van der Waals surface area contributed by atoms with Gasteiger partial charge in [-0.3, -0.25) is 23.7 Å². The van der Waals surface area contributed by atoms with E-state index >= 15 is 0 Å². The van der Waals surface area contributed by atoms with Gasteiger partial charge in [-0.2, -0.15) is 0 Å². The van der Waals surface area contributed by atoms with Crippen LogP contribution in [0.3, 0.4) is 0 Å². The van der Waals surface area contributed by atoms with Crippen LogP contribution in [-0.4, -0.2) is 43.8 Å². The maximum atomic E-state index is 12.2. The van der Waals surface area contributed by atoms with Crippen LogP contribution < -0.4 is 5.32 Å². The Hall–Kier alpha value is -3.55. The van der Waals surface area contributed by atoms with E-state index in [1.165, 1.54) is 0 Å². The van der Waals surface area contributed by atoms with Crippen LogP contribution >= 0.6 is 0 Å². The number of carbonyl (C=O) groups excluding carboxylic acids is 3. The summed E-state index contributed by atoms with van der Waals surface area (Å²) in [6, 6.07) is 12.0. The number of amides is 3. The molecule has 3 heterocycles. The van der Waals surface area contributed by atoms with Crippen molar-refractivity contribution in [2.45, 2.75) is 6.54 Å². The minimum atomic E-state index is -0.455. The Morgan fingerprint density at radius 3 is 2.36 bits per heavy atom. The zero-order valence-corrected chi connectivity index (χ0v) is 13.0. The van der Waals surface area contributed by atoms with E-state index in [0.29, 0.717) is 22.6 Å². The van der Waals surface area contributed by atoms with E-state index in [-0.39, 0.29) is 13.1 Å². The van der Waals surface area contributed by atoms with Crippen molar-refractivity contribution >= 4 is 23.4 Å². The van der Waals surface area contributed by atoms with Gasteiger partial charge in [-0.15, -0.1) is 10.2 Å². The smallest absolute Gasteiger partial charge is 0.262 e. The molecule has 4 rings (SSSR count). The van der Waals surface area contributed by atoms with Gasteiger partial charge in [-0.1, -0.05) is 18.2 Å². The SMILES string of the molecule is O=C(CN1C(=O)c2ccccc2C1=O)NCc1nnc2ccccn12. The van der Waals surface area contributed by atoms with Gasteiger partial charge in [0.1, 0.15) is 6.54 Å². The molecule has 1 N–H and O–H groups in total. The molecule has 124 valence electrons. The van der Waals surface area contributed by atoms with Crippen LogP contribution in [0, 0.1) is 0 Å². The zero-order chi connectivity index (χ0) is 17.4. The van der Waals surface area contributed by atoms with Crippen LogP contribution in [0.4, 0.5) is 0 Å². The Morgan fingerprint density at radius 2 is 1.64 bits per heavy atom. The van der Waals surface area contributed by atoms with E-state index in [9.17, 15) is 14.4 Å². The molecule has 1 aliphatic rings. The normalized spacial score (nSPS) is 13.4. The highest BCUT2D eigenvalue weighted by molar-refractivity contribution is 6.22. The van der Waals surface area contributed by atoms with E-state index in [0.717, 1.165) is 4.90 Å². The molecule has 2 aromatic heterocycles. The van der Waals surface area contributed by atoms with Crippen molar-refractivity contribution in [2.75, 3.05) is 6.54 Å². The molecule has 0 saturated carbocycles. The van der Waals surface area contributed by atoms with Gasteiger partial charge in [-0.05, 0) is 24.3 Å². The molecule has 3 aromatic rings. The monoisotopic (exact) mass is 335 g/mol. The molecule has 8 heteroatoms. The fourth-order valence-corrected chi connectivity index (χ4v) is 2.77. The second kappa shape index (κ2) is 5.82. The van der Waals surface area contributed by atoms with Crippen molar-refractivity contribution in [3.05, 3.63) is 65.6 Å². The molecule has 0 aliphatic carbocycles. The van der Waals surface area contributed by atoms with Gasteiger partial charge >= 0.3 is 0 Å². The predicted octanol–water partition coefficient (Wildman–Crippen LogP) is 0.642. The first-order valence-corrected chi connectivity index (χ1v) is 7.66. The number of carbonyl (C=O) groups is 3. The standard InChI is InChI=1S/C17H13N5O3/c23-15(18-9-14-20-19-13-7-3-4-8-21(13)14)10-22-16(24)11-5-1-2-6-12(11)17(22)25/h1-8H,9-10H2,(H,18,23). The number of nitrogens with zero attached hydrogens (tertiary/aromatic N) is 4. The number of aromatic nitrogens is 3. The van der Waals surface area contributed by atoms with E-state index in [1.807, 2.05) is 12.1 Å². The van der Waals surface area contributed by atoms with Crippen molar-refractivity contribution in [2.24, 2.45) is 0 Å². The van der Waals surface area contributed by atoms with E-state index in [1.54, 1.807) is 40.9 Å². The summed E-state index contributed by atoms with van der Waals surface area (Å²) >= 11 is 0. The van der Waals surface area contributed by atoms with Gasteiger partial charge in [0, 0.05) is 6.20 Å². The number of rotatable bonds is 4. The first-order valence-electron chi connectivity index (χ1n) is 7.66. The average molecular weight is 335 g/mol. The second-order valence-electron chi connectivity index (χ2n) is 5.56. The van der Waals surface area contributed by atoms with Gasteiger partial charge in [0.05, 0.1) is 17.7 Å². The molecule has 1 aliphatic heterocycles. The van der Waals surface area contributed by atoms with Crippen molar-refractivity contribution in [3.8, 4) is 0 Å². The van der Waals surface area contributed by atoms with Crippen molar-refractivity contribution in [1.29, 1.82) is 0 Å². The number of imide groups is 1. The summed E-state index contributed by atoms with van der Waals surface area (Å²) in [4.78, 5) is 37.6. The van der Waals surface area contributed by atoms with Crippen molar-refractivity contribution in [3.63, 3.8) is 0 Å². The van der Waals surface area contributed by atoms with Crippen LogP contribution in [0.1, 0.15) is 26.5 Å². The quantitative estimate of drug-likeness (QED) is 0.706. The van der Waals surface area contributed by atoms with E-state index in [2.05, 4.69) is 15.5 Å². The summed E-state index contributed by atoms with van der Waals surface area (Å²) < 4.78 is 1.75. The second-order valence-corrected chi connectivity index (χ2v) is 5.56. The third-order valence-corrected chi connectivity index (χ3v) is 4.01. The summed E-state index contributed by atoms with van der Waals surface area (Å²) in [7, 11) is 0. The average Bonchev–Trinajstić information content (AvgIpc) is 3.15. The van der Waals surface area contributed by atoms with Crippen molar-refractivity contribution < 1.29 is 14.4 Å². The third kappa shape index (κ3) is 2.53. The minimum Gasteiger partial charge on any atom is -0.347 e. The maximum absolute atomic E-state index is 12.2. The first kappa shape index (κ1) is 15.0. The maximum Gasteiger partial charge on any atom is 0.262 e. The molecular weight excluding hydrogens is 322 g/mol. The van der Waals surface area contributed by atoms with Crippen LogP contribution in [0.25, 0.3) is 5.65 Å². The third-order valence-electron chi connectivity index (χ3n) is 4.01. The molecule has 0 radical (unpaired) electrons. The predicted molar refractivity (Wildman–Crippen MR) is 86.6 cm³/mol. The van der Waals surface area contributed by atoms with Crippen LogP contribution in [0.15, 0.2) is 48.7 Å². The highest BCUT2D eigenvalue weighted by atomic mass is 16.2. The lowest BCUT2D eigenvalue weighted by Gasteiger charge is -2.13.